The van der Waals surface area contributed by atoms with Crippen LogP contribution in [0.15, 0.2) is 54.2 Å². The Balaban J connectivity index is 1.88. The van der Waals surface area contributed by atoms with Gasteiger partial charge >= 0.3 is 0 Å². The highest BCUT2D eigenvalue weighted by molar-refractivity contribution is 6.12. The van der Waals surface area contributed by atoms with E-state index in [1.54, 1.807) is 36.5 Å². The lowest BCUT2D eigenvalue weighted by Crippen LogP contribution is -2.33. The molecule has 134 valence electrons. The summed E-state index contributed by atoms with van der Waals surface area (Å²) in [4.78, 5) is 24.3. The third-order valence-electron chi connectivity index (χ3n) is 4.13. The predicted octanol–water partition coefficient (Wildman–Crippen LogP) is 4.13. The summed E-state index contributed by atoms with van der Waals surface area (Å²) in [6.07, 6.45) is 0.850. The number of ketones is 2. The zero-order valence-electron chi connectivity index (χ0n) is 15.0. The first kappa shape index (κ1) is 17.9. The molecular weight excluding hydrogens is 330 g/mol. The van der Waals surface area contributed by atoms with Crippen molar-refractivity contribution in [3.05, 3.63) is 70.9 Å². The summed E-state index contributed by atoms with van der Waals surface area (Å²) in [5.74, 6) is 0.414. The molecule has 1 unspecified atom stereocenters. The van der Waals surface area contributed by atoms with Crippen LogP contribution < -0.4 is 10.1 Å². The summed E-state index contributed by atoms with van der Waals surface area (Å²) in [5.41, 5.74) is 3.32. The second-order valence-corrected chi connectivity index (χ2v) is 6.11. The van der Waals surface area contributed by atoms with Crippen molar-refractivity contribution in [2.45, 2.75) is 27.1 Å². The van der Waals surface area contributed by atoms with Gasteiger partial charge in [-0.2, -0.15) is 0 Å². The lowest BCUT2D eigenvalue weighted by atomic mass is 9.98. The quantitative estimate of drug-likeness (QED) is 0.648. The Labute approximate surface area is 152 Å². The van der Waals surface area contributed by atoms with E-state index in [-0.39, 0.29) is 11.6 Å². The van der Waals surface area contributed by atoms with Crippen molar-refractivity contribution in [1.82, 2.24) is 0 Å². The number of benzene rings is 2. The van der Waals surface area contributed by atoms with Crippen molar-refractivity contribution in [2.24, 2.45) is 0 Å². The van der Waals surface area contributed by atoms with E-state index in [1.807, 2.05) is 26.0 Å². The molecule has 26 heavy (non-hydrogen) atoms. The molecule has 0 spiro atoms. The number of nitrogens with one attached hydrogen (secondary N) is 1. The minimum Gasteiger partial charge on any atom is -0.460 e. The van der Waals surface area contributed by atoms with Crippen LogP contribution in [-0.4, -0.2) is 24.5 Å². The highest BCUT2D eigenvalue weighted by atomic mass is 16.7. The van der Waals surface area contributed by atoms with Crippen molar-refractivity contribution in [3.63, 3.8) is 0 Å². The normalized spacial score (nSPS) is 17.6. The molecule has 0 saturated carbocycles. The smallest absolute Gasteiger partial charge is 0.232 e. The van der Waals surface area contributed by atoms with Crippen LogP contribution >= 0.6 is 0 Å². The molecule has 2 aromatic carbocycles. The number of ether oxygens (including phenoxy) is 2. The maximum Gasteiger partial charge on any atom is 0.232 e. The first-order valence-corrected chi connectivity index (χ1v) is 8.50. The van der Waals surface area contributed by atoms with Gasteiger partial charge in [-0.3, -0.25) is 9.59 Å². The van der Waals surface area contributed by atoms with E-state index in [1.165, 1.54) is 6.92 Å². The van der Waals surface area contributed by atoms with Gasteiger partial charge in [0.25, 0.3) is 0 Å². The Kier molecular flexibility index (Phi) is 5.19. The Bertz CT molecular complexity index is 868. The van der Waals surface area contributed by atoms with Crippen LogP contribution in [0.5, 0.6) is 5.75 Å². The SMILES string of the molecule is CCOC1Oc2ccc(C)cc2C(=O)/C1=C/Nc1ccc(C(C)=O)cc1. The van der Waals surface area contributed by atoms with Crippen LogP contribution in [0.2, 0.25) is 0 Å². The fraction of sp³-hybridized carbons (Fsp3) is 0.238. The van der Waals surface area contributed by atoms with Crippen LogP contribution in [-0.2, 0) is 4.74 Å². The molecule has 1 atom stereocenters. The fourth-order valence-corrected chi connectivity index (χ4v) is 2.74. The van der Waals surface area contributed by atoms with Crippen molar-refractivity contribution in [2.75, 3.05) is 11.9 Å². The molecule has 5 nitrogen and oxygen atoms in total. The lowest BCUT2D eigenvalue weighted by molar-refractivity contribution is -0.0509. The van der Waals surface area contributed by atoms with Gasteiger partial charge in [-0.15, -0.1) is 0 Å². The molecule has 0 radical (unpaired) electrons. The van der Waals surface area contributed by atoms with E-state index >= 15 is 0 Å². The average molecular weight is 351 g/mol. The van der Waals surface area contributed by atoms with Crippen molar-refractivity contribution >= 4 is 17.3 Å². The zero-order chi connectivity index (χ0) is 18.7. The number of carbonyl (C=O) groups is 2. The minimum atomic E-state index is -0.758. The van der Waals surface area contributed by atoms with Gasteiger partial charge in [-0.05, 0) is 57.2 Å². The summed E-state index contributed by atoms with van der Waals surface area (Å²) < 4.78 is 11.4. The number of carbonyl (C=O) groups excluding carboxylic acids is 2. The number of anilines is 1. The maximum absolute atomic E-state index is 12.9. The lowest BCUT2D eigenvalue weighted by Gasteiger charge is -2.27. The number of aryl methyl sites for hydroxylation is 1. The Hall–Kier alpha value is -2.92. The van der Waals surface area contributed by atoms with Crippen LogP contribution in [0.1, 0.15) is 40.1 Å². The van der Waals surface area contributed by atoms with E-state index in [0.29, 0.717) is 29.1 Å². The van der Waals surface area contributed by atoms with E-state index in [2.05, 4.69) is 5.32 Å². The average Bonchev–Trinajstić information content (AvgIpc) is 2.63. The van der Waals surface area contributed by atoms with Gasteiger partial charge in [-0.25, -0.2) is 0 Å². The monoisotopic (exact) mass is 351 g/mol. The molecule has 5 heteroatoms. The molecule has 0 saturated heterocycles. The molecule has 3 rings (SSSR count). The molecule has 1 heterocycles. The molecule has 1 N–H and O–H groups in total. The molecule has 0 aromatic heterocycles. The molecule has 0 bridgehead atoms. The number of rotatable bonds is 5. The number of fused-ring (bicyclic) bond motifs is 1. The summed E-state index contributed by atoms with van der Waals surface area (Å²) >= 11 is 0. The van der Waals surface area contributed by atoms with Crippen LogP contribution in [0.4, 0.5) is 5.69 Å². The third-order valence-corrected chi connectivity index (χ3v) is 4.13. The summed E-state index contributed by atoms with van der Waals surface area (Å²) in [6.45, 7) is 5.72. The van der Waals surface area contributed by atoms with Crippen molar-refractivity contribution in [3.8, 4) is 5.75 Å². The molecule has 0 fully saturated rings. The van der Waals surface area contributed by atoms with Gasteiger partial charge in [0.1, 0.15) is 5.75 Å². The van der Waals surface area contributed by atoms with E-state index in [0.717, 1.165) is 11.3 Å². The van der Waals surface area contributed by atoms with E-state index < -0.39 is 6.29 Å². The standard InChI is InChI=1S/C21H21NO4/c1-4-25-21-18(12-22-16-8-6-15(7-9-16)14(3)23)20(24)17-11-13(2)5-10-19(17)26-21/h5-12,21-22H,4H2,1-3H3/b18-12-. The Morgan fingerprint density at radius 2 is 1.96 bits per heavy atom. The molecule has 0 amide bonds. The largest absolute Gasteiger partial charge is 0.460 e. The van der Waals surface area contributed by atoms with Gasteiger partial charge in [0.15, 0.2) is 11.6 Å². The highest BCUT2D eigenvalue weighted by Gasteiger charge is 2.32. The first-order chi connectivity index (χ1) is 12.5. The topological polar surface area (TPSA) is 64.6 Å². The molecule has 2 aromatic rings. The molecule has 0 aliphatic carbocycles. The van der Waals surface area contributed by atoms with Crippen molar-refractivity contribution < 1.29 is 19.1 Å². The van der Waals surface area contributed by atoms with Gasteiger partial charge in [0.05, 0.1) is 11.1 Å². The number of Topliss-reactive ketones (excluding diaryl/α,β-unsaturated/α-hetero) is 2. The Morgan fingerprint density at radius 1 is 1.23 bits per heavy atom. The summed E-state index contributed by atoms with van der Waals surface area (Å²) in [6, 6.07) is 12.6. The zero-order valence-corrected chi connectivity index (χ0v) is 15.0. The van der Waals surface area contributed by atoms with Gasteiger partial charge in [-0.1, -0.05) is 11.6 Å². The van der Waals surface area contributed by atoms with Crippen LogP contribution in [0.3, 0.4) is 0 Å². The number of hydrogen-bond donors (Lipinski definition) is 1. The van der Waals surface area contributed by atoms with E-state index in [4.69, 9.17) is 9.47 Å². The molecule has 1 aliphatic rings. The van der Waals surface area contributed by atoms with Gasteiger partial charge < -0.3 is 14.8 Å². The fourth-order valence-electron chi connectivity index (χ4n) is 2.74. The van der Waals surface area contributed by atoms with Crippen molar-refractivity contribution in [1.29, 1.82) is 0 Å². The minimum absolute atomic E-state index is 0.00847. The maximum atomic E-state index is 12.9. The van der Waals surface area contributed by atoms with Gasteiger partial charge in [0, 0.05) is 24.1 Å². The summed E-state index contributed by atoms with van der Waals surface area (Å²) in [7, 11) is 0. The van der Waals surface area contributed by atoms with Gasteiger partial charge in [0.2, 0.25) is 6.29 Å². The molecular formula is C21H21NO4. The van der Waals surface area contributed by atoms with Crippen LogP contribution in [0.25, 0.3) is 0 Å². The second kappa shape index (κ2) is 7.54. The third kappa shape index (κ3) is 3.68. The van der Waals surface area contributed by atoms with Crippen LogP contribution in [0, 0.1) is 6.92 Å². The summed E-state index contributed by atoms with van der Waals surface area (Å²) in [5, 5.41) is 3.09. The second-order valence-electron chi connectivity index (χ2n) is 6.11. The Morgan fingerprint density at radius 3 is 2.62 bits per heavy atom. The molecule has 1 aliphatic heterocycles. The highest BCUT2D eigenvalue weighted by Crippen LogP contribution is 2.32. The predicted molar refractivity (Wildman–Crippen MR) is 99.7 cm³/mol. The number of hydrogen-bond acceptors (Lipinski definition) is 5. The first-order valence-electron chi connectivity index (χ1n) is 8.50. The van der Waals surface area contributed by atoms with E-state index in [9.17, 15) is 9.59 Å².